The second-order valence-electron chi connectivity index (χ2n) is 4.92. The van der Waals surface area contributed by atoms with E-state index in [-0.39, 0.29) is 17.8 Å². The SMILES string of the molecule is CCC1CCNC(C(=O)Nc2ccc(F)cc2Br)C1. The van der Waals surface area contributed by atoms with Crippen LogP contribution in [0.15, 0.2) is 22.7 Å². The van der Waals surface area contributed by atoms with E-state index in [1.54, 1.807) is 6.07 Å². The summed E-state index contributed by atoms with van der Waals surface area (Å²) in [6.45, 7) is 3.03. The van der Waals surface area contributed by atoms with E-state index in [4.69, 9.17) is 0 Å². The van der Waals surface area contributed by atoms with Crippen molar-refractivity contribution in [2.45, 2.75) is 32.2 Å². The number of carbonyl (C=O) groups is 1. The molecular formula is C14H18BrFN2O. The van der Waals surface area contributed by atoms with Gasteiger partial charge >= 0.3 is 0 Å². The third kappa shape index (κ3) is 3.76. The molecule has 0 saturated carbocycles. The van der Waals surface area contributed by atoms with Crippen molar-refractivity contribution in [2.24, 2.45) is 5.92 Å². The Kier molecular flexibility index (Phi) is 4.93. The topological polar surface area (TPSA) is 41.1 Å². The maximum Gasteiger partial charge on any atom is 0.241 e. The molecule has 1 aromatic rings. The molecule has 2 rings (SSSR count). The van der Waals surface area contributed by atoms with Crippen molar-refractivity contribution in [1.29, 1.82) is 0 Å². The number of halogens is 2. The van der Waals surface area contributed by atoms with Crippen LogP contribution in [0.2, 0.25) is 0 Å². The molecule has 2 N–H and O–H groups in total. The third-order valence-electron chi connectivity index (χ3n) is 3.60. The summed E-state index contributed by atoms with van der Waals surface area (Å²) in [5.41, 5.74) is 0.604. The van der Waals surface area contributed by atoms with Crippen molar-refractivity contribution < 1.29 is 9.18 Å². The Hall–Kier alpha value is -0.940. The summed E-state index contributed by atoms with van der Waals surface area (Å²) in [6, 6.07) is 4.09. The van der Waals surface area contributed by atoms with Gasteiger partial charge in [-0.1, -0.05) is 13.3 Å². The van der Waals surface area contributed by atoms with Crippen molar-refractivity contribution in [3.63, 3.8) is 0 Å². The zero-order valence-corrected chi connectivity index (χ0v) is 12.5. The molecular weight excluding hydrogens is 311 g/mol. The zero-order valence-electron chi connectivity index (χ0n) is 10.9. The molecule has 1 aromatic carbocycles. The summed E-state index contributed by atoms with van der Waals surface area (Å²) in [7, 11) is 0. The lowest BCUT2D eigenvalue weighted by Crippen LogP contribution is -2.46. The van der Waals surface area contributed by atoms with E-state index in [0.717, 1.165) is 25.8 Å². The van der Waals surface area contributed by atoms with Crippen LogP contribution in [0.4, 0.5) is 10.1 Å². The molecule has 2 unspecified atom stereocenters. The second kappa shape index (κ2) is 6.48. The zero-order chi connectivity index (χ0) is 13.8. The maximum atomic E-state index is 13.0. The molecule has 0 radical (unpaired) electrons. The Labute approximate surface area is 121 Å². The average molecular weight is 329 g/mol. The van der Waals surface area contributed by atoms with Gasteiger partial charge in [-0.25, -0.2) is 4.39 Å². The number of rotatable bonds is 3. The molecule has 3 nitrogen and oxygen atoms in total. The molecule has 19 heavy (non-hydrogen) atoms. The van der Waals surface area contributed by atoms with Gasteiger partial charge in [0.05, 0.1) is 11.7 Å². The molecule has 0 aromatic heterocycles. The molecule has 2 atom stereocenters. The van der Waals surface area contributed by atoms with Gasteiger partial charge < -0.3 is 10.6 Å². The van der Waals surface area contributed by atoms with Crippen LogP contribution in [0.25, 0.3) is 0 Å². The van der Waals surface area contributed by atoms with Gasteiger partial charge in [-0.05, 0) is 59.4 Å². The van der Waals surface area contributed by atoms with E-state index in [9.17, 15) is 9.18 Å². The lowest BCUT2D eigenvalue weighted by Gasteiger charge is -2.28. The summed E-state index contributed by atoms with van der Waals surface area (Å²) in [4.78, 5) is 12.2. The molecule has 1 aliphatic heterocycles. The number of benzene rings is 1. The normalized spacial score (nSPS) is 23.1. The summed E-state index contributed by atoms with van der Waals surface area (Å²) in [5.74, 6) is 0.228. The van der Waals surface area contributed by atoms with Gasteiger partial charge in [0.15, 0.2) is 0 Å². The number of anilines is 1. The van der Waals surface area contributed by atoms with Gasteiger partial charge in [-0.3, -0.25) is 4.79 Å². The van der Waals surface area contributed by atoms with Crippen LogP contribution in [0, 0.1) is 11.7 Å². The predicted octanol–water partition coefficient (Wildman–Crippen LogP) is 3.30. The number of carbonyl (C=O) groups excluding carboxylic acids is 1. The van der Waals surface area contributed by atoms with Crippen molar-refractivity contribution in [1.82, 2.24) is 5.32 Å². The van der Waals surface area contributed by atoms with E-state index in [2.05, 4.69) is 33.5 Å². The molecule has 0 aliphatic carbocycles. The molecule has 5 heteroatoms. The molecule has 1 fully saturated rings. The summed E-state index contributed by atoms with van der Waals surface area (Å²) >= 11 is 3.25. The maximum absolute atomic E-state index is 13.0. The van der Waals surface area contributed by atoms with E-state index >= 15 is 0 Å². The first kappa shape index (κ1) is 14.5. The van der Waals surface area contributed by atoms with Crippen LogP contribution >= 0.6 is 15.9 Å². The first-order valence-corrected chi connectivity index (χ1v) is 7.38. The van der Waals surface area contributed by atoms with Gasteiger partial charge in [0, 0.05) is 4.47 Å². The average Bonchev–Trinajstić information content (AvgIpc) is 2.42. The van der Waals surface area contributed by atoms with Gasteiger partial charge in [0.2, 0.25) is 5.91 Å². The Bertz CT molecular complexity index is 467. The van der Waals surface area contributed by atoms with E-state index < -0.39 is 0 Å². The highest BCUT2D eigenvalue weighted by Crippen LogP contribution is 2.25. The molecule has 1 saturated heterocycles. The first-order valence-electron chi connectivity index (χ1n) is 6.59. The van der Waals surface area contributed by atoms with Crippen LogP contribution in [-0.2, 0) is 4.79 Å². The molecule has 1 amide bonds. The Morgan fingerprint density at radius 2 is 2.37 bits per heavy atom. The Balaban J connectivity index is 2.00. The van der Waals surface area contributed by atoms with Crippen LogP contribution < -0.4 is 10.6 Å². The van der Waals surface area contributed by atoms with Crippen molar-refractivity contribution in [3.8, 4) is 0 Å². The van der Waals surface area contributed by atoms with Gasteiger partial charge in [0.1, 0.15) is 5.82 Å². The van der Waals surface area contributed by atoms with E-state index in [1.807, 2.05) is 0 Å². The number of nitrogens with one attached hydrogen (secondary N) is 2. The van der Waals surface area contributed by atoms with Crippen LogP contribution in [0.3, 0.4) is 0 Å². The van der Waals surface area contributed by atoms with Crippen LogP contribution in [0.5, 0.6) is 0 Å². The quantitative estimate of drug-likeness (QED) is 0.893. The fourth-order valence-corrected chi connectivity index (χ4v) is 2.83. The minimum absolute atomic E-state index is 0.0505. The van der Waals surface area contributed by atoms with Crippen molar-refractivity contribution in [3.05, 3.63) is 28.5 Å². The molecule has 0 spiro atoms. The second-order valence-corrected chi connectivity index (χ2v) is 5.77. The predicted molar refractivity (Wildman–Crippen MR) is 77.5 cm³/mol. The lowest BCUT2D eigenvalue weighted by molar-refractivity contribution is -0.119. The number of hydrogen-bond acceptors (Lipinski definition) is 2. The lowest BCUT2D eigenvalue weighted by atomic mass is 9.90. The summed E-state index contributed by atoms with van der Waals surface area (Å²) in [6.07, 6.45) is 3.09. The molecule has 0 bridgehead atoms. The smallest absolute Gasteiger partial charge is 0.241 e. The largest absolute Gasteiger partial charge is 0.324 e. The standard InChI is InChI=1S/C14H18BrFN2O/c1-2-9-5-6-17-13(7-9)14(19)18-12-4-3-10(16)8-11(12)15/h3-4,8-9,13,17H,2,5-7H2,1H3,(H,18,19). The number of amides is 1. The monoisotopic (exact) mass is 328 g/mol. The summed E-state index contributed by atoms with van der Waals surface area (Å²) < 4.78 is 13.5. The van der Waals surface area contributed by atoms with Gasteiger partial charge in [0.25, 0.3) is 0 Å². The highest BCUT2D eigenvalue weighted by Gasteiger charge is 2.26. The number of hydrogen-bond donors (Lipinski definition) is 2. The fraction of sp³-hybridized carbons (Fsp3) is 0.500. The minimum atomic E-state index is -0.327. The Morgan fingerprint density at radius 1 is 1.58 bits per heavy atom. The van der Waals surface area contributed by atoms with Crippen molar-refractivity contribution >= 4 is 27.5 Å². The molecule has 1 heterocycles. The van der Waals surface area contributed by atoms with Gasteiger partial charge in [-0.15, -0.1) is 0 Å². The number of piperidine rings is 1. The molecule has 1 aliphatic rings. The van der Waals surface area contributed by atoms with E-state index in [0.29, 0.717) is 16.1 Å². The third-order valence-corrected chi connectivity index (χ3v) is 4.25. The van der Waals surface area contributed by atoms with Crippen LogP contribution in [0.1, 0.15) is 26.2 Å². The minimum Gasteiger partial charge on any atom is -0.324 e. The Morgan fingerprint density at radius 3 is 3.05 bits per heavy atom. The van der Waals surface area contributed by atoms with E-state index in [1.165, 1.54) is 12.1 Å². The van der Waals surface area contributed by atoms with Crippen molar-refractivity contribution in [2.75, 3.05) is 11.9 Å². The van der Waals surface area contributed by atoms with Gasteiger partial charge in [-0.2, -0.15) is 0 Å². The van der Waals surface area contributed by atoms with Crippen LogP contribution in [-0.4, -0.2) is 18.5 Å². The fourth-order valence-electron chi connectivity index (χ4n) is 2.38. The first-order chi connectivity index (χ1) is 9.10. The summed E-state index contributed by atoms with van der Waals surface area (Å²) in [5, 5.41) is 6.07. The highest BCUT2D eigenvalue weighted by molar-refractivity contribution is 9.10. The molecule has 104 valence electrons. The highest BCUT2D eigenvalue weighted by atomic mass is 79.9.